The van der Waals surface area contributed by atoms with Crippen molar-refractivity contribution < 1.29 is 0 Å². The van der Waals surface area contributed by atoms with E-state index in [9.17, 15) is 0 Å². The standard InChI is InChI=1S/C13H28N2/c1-4-9-13(3,14)11-15-10-7-6-8-12(15)5-2/h12H,4-11,14H2,1-3H3. The Bertz CT molecular complexity index is 177. The van der Waals surface area contributed by atoms with Crippen LogP contribution in [0.15, 0.2) is 0 Å². The summed E-state index contributed by atoms with van der Waals surface area (Å²) in [6.45, 7) is 9.07. The molecule has 0 radical (unpaired) electrons. The predicted octanol–water partition coefficient (Wildman–Crippen LogP) is 2.77. The van der Waals surface area contributed by atoms with Gasteiger partial charge >= 0.3 is 0 Å². The zero-order chi connectivity index (χ0) is 11.3. The summed E-state index contributed by atoms with van der Waals surface area (Å²) in [5.41, 5.74) is 6.35. The Morgan fingerprint density at radius 2 is 2.07 bits per heavy atom. The Morgan fingerprint density at radius 3 is 2.67 bits per heavy atom. The molecule has 15 heavy (non-hydrogen) atoms. The highest BCUT2D eigenvalue weighted by Crippen LogP contribution is 2.22. The average molecular weight is 212 g/mol. The molecule has 0 aromatic heterocycles. The Kier molecular flexibility index (Phi) is 5.07. The third-order valence-corrected chi connectivity index (χ3v) is 3.61. The molecule has 2 nitrogen and oxygen atoms in total. The van der Waals surface area contributed by atoms with Crippen LogP contribution >= 0.6 is 0 Å². The summed E-state index contributed by atoms with van der Waals surface area (Å²) < 4.78 is 0. The Morgan fingerprint density at radius 1 is 1.33 bits per heavy atom. The van der Waals surface area contributed by atoms with E-state index in [-0.39, 0.29) is 5.54 Å². The lowest BCUT2D eigenvalue weighted by Gasteiger charge is -2.40. The minimum Gasteiger partial charge on any atom is -0.324 e. The molecule has 0 spiro atoms. The largest absolute Gasteiger partial charge is 0.324 e. The minimum atomic E-state index is 0.0134. The van der Waals surface area contributed by atoms with E-state index in [2.05, 4.69) is 25.7 Å². The maximum Gasteiger partial charge on any atom is 0.0254 e. The molecule has 1 aliphatic rings. The van der Waals surface area contributed by atoms with Crippen molar-refractivity contribution in [2.75, 3.05) is 13.1 Å². The van der Waals surface area contributed by atoms with Crippen LogP contribution in [0.1, 0.15) is 59.3 Å². The Labute approximate surface area is 95.2 Å². The van der Waals surface area contributed by atoms with Gasteiger partial charge in [-0.15, -0.1) is 0 Å². The number of nitrogens with zero attached hydrogens (tertiary/aromatic N) is 1. The van der Waals surface area contributed by atoms with Gasteiger partial charge in [-0.3, -0.25) is 4.90 Å². The second-order valence-electron chi connectivity index (χ2n) is 5.43. The molecule has 2 unspecified atom stereocenters. The second-order valence-corrected chi connectivity index (χ2v) is 5.43. The van der Waals surface area contributed by atoms with E-state index in [0.717, 1.165) is 19.0 Å². The van der Waals surface area contributed by atoms with Gasteiger partial charge in [0.1, 0.15) is 0 Å². The molecule has 0 amide bonds. The summed E-state index contributed by atoms with van der Waals surface area (Å²) >= 11 is 0. The van der Waals surface area contributed by atoms with Crippen LogP contribution in [-0.4, -0.2) is 29.6 Å². The zero-order valence-corrected chi connectivity index (χ0v) is 10.8. The number of nitrogens with two attached hydrogens (primary N) is 1. The van der Waals surface area contributed by atoms with Crippen molar-refractivity contribution in [3.8, 4) is 0 Å². The summed E-state index contributed by atoms with van der Waals surface area (Å²) in [4.78, 5) is 2.62. The molecule has 2 heteroatoms. The van der Waals surface area contributed by atoms with Crippen molar-refractivity contribution in [3.05, 3.63) is 0 Å². The molecule has 2 N–H and O–H groups in total. The first-order valence-electron chi connectivity index (χ1n) is 6.62. The third kappa shape index (κ3) is 4.12. The van der Waals surface area contributed by atoms with Crippen molar-refractivity contribution in [1.29, 1.82) is 0 Å². The first-order chi connectivity index (χ1) is 7.09. The summed E-state index contributed by atoms with van der Waals surface area (Å²) in [6.07, 6.45) is 7.75. The van der Waals surface area contributed by atoms with Crippen molar-refractivity contribution in [3.63, 3.8) is 0 Å². The topological polar surface area (TPSA) is 29.3 Å². The van der Waals surface area contributed by atoms with E-state index in [1.54, 1.807) is 0 Å². The number of rotatable bonds is 5. The van der Waals surface area contributed by atoms with E-state index < -0.39 is 0 Å². The fourth-order valence-electron chi connectivity index (χ4n) is 2.84. The van der Waals surface area contributed by atoms with Gasteiger partial charge in [0.05, 0.1) is 0 Å². The summed E-state index contributed by atoms with van der Waals surface area (Å²) in [5.74, 6) is 0. The van der Waals surface area contributed by atoms with Crippen LogP contribution < -0.4 is 5.73 Å². The molecule has 1 aliphatic heterocycles. The number of hydrogen-bond donors (Lipinski definition) is 1. The van der Waals surface area contributed by atoms with Gasteiger partial charge in [-0.1, -0.05) is 26.7 Å². The first kappa shape index (κ1) is 13.0. The SMILES string of the molecule is CCCC(C)(N)CN1CCCCC1CC. The van der Waals surface area contributed by atoms with Gasteiger partial charge in [0.25, 0.3) is 0 Å². The second kappa shape index (κ2) is 5.86. The molecule has 1 fully saturated rings. The quantitative estimate of drug-likeness (QED) is 0.759. The fraction of sp³-hybridized carbons (Fsp3) is 1.00. The van der Waals surface area contributed by atoms with Gasteiger partial charge in [-0.05, 0) is 39.2 Å². The predicted molar refractivity (Wildman–Crippen MR) is 67.0 cm³/mol. The van der Waals surface area contributed by atoms with Gasteiger partial charge in [0.15, 0.2) is 0 Å². The molecular weight excluding hydrogens is 184 g/mol. The lowest BCUT2D eigenvalue weighted by atomic mass is 9.93. The van der Waals surface area contributed by atoms with Gasteiger partial charge < -0.3 is 5.73 Å². The normalized spacial score (nSPS) is 27.6. The highest BCUT2D eigenvalue weighted by atomic mass is 15.2. The van der Waals surface area contributed by atoms with Crippen molar-refractivity contribution in [2.24, 2.45) is 5.73 Å². The Hall–Kier alpha value is -0.0800. The van der Waals surface area contributed by atoms with Gasteiger partial charge in [0, 0.05) is 18.1 Å². The van der Waals surface area contributed by atoms with Gasteiger partial charge in [-0.2, -0.15) is 0 Å². The van der Waals surface area contributed by atoms with Crippen molar-refractivity contribution in [1.82, 2.24) is 4.90 Å². The molecule has 0 bridgehead atoms. The van der Waals surface area contributed by atoms with E-state index in [1.807, 2.05) is 0 Å². The number of hydrogen-bond acceptors (Lipinski definition) is 2. The number of likely N-dealkylation sites (tertiary alicyclic amines) is 1. The minimum absolute atomic E-state index is 0.0134. The molecule has 1 saturated heterocycles. The average Bonchev–Trinajstić information content (AvgIpc) is 2.17. The highest BCUT2D eigenvalue weighted by molar-refractivity contribution is 4.86. The summed E-state index contributed by atoms with van der Waals surface area (Å²) in [7, 11) is 0. The monoisotopic (exact) mass is 212 g/mol. The van der Waals surface area contributed by atoms with Gasteiger partial charge in [-0.25, -0.2) is 0 Å². The van der Waals surface area contributed by atoms with E-state index in [4.69, 9.17) is 5.73 Å². The van der Waals surface area contributed by atoms with Crippen LogP contribution in [0.2, 0.25) is 0 Å². The van der Waals surface area contributed by atoms with Crippen LogP contribution in [0.4, 0.5) is 0 Å². The molecule has 2 atom stereocenters. The zero-order valence-electron chi connectivity index (χ0n) is 10.8. The molecule has 90 valence electrons. The number of piperidine rings is 1. The van der Waals surface area contributed by atoms with Crippen LogP contribution in [0, 0.1) is 0 Å². The van der Waals surface area contributed by atoms with Gasteiger partial charge in [0.2, 0.25) is 0 Å². The highest BCUT2D eigenvalue weighted by Gasteiger charge is 2.27. The fourth-order valence-corrected chi connectivity index (χ4v) is 2.84. The maximum absolute atomic E-state index is 6.33. The lowest BCUT2D eigenvalue weighted by Crippen LogP contribution is -2.52. The Balaban J connectivity index is 2.46. The lowest BCUT2D eigenvalue weighted by molar-refractivity contribution is 0.112. The van der Waals surface area contributed by atoms with Crippen LogP contribution in [-0.2, 0) is 0 Å². The van der Waals surface area contributed by atoms with Crippen LogP contribution in [0.3, 0.4) is 0 Å². The molecule has 0 aromatic rings. The van der Waals surface area contributed by atoms with E-state index in [1.165, 1.54) is 38.6 Å². The smallest absolute Gasteiger partial charge is 0.0254 e. The molecule has 1 rings (SSSR count). The van der Waals surface area contributed by atoms with Crippen LogP contribution in [0.25, 0.3) is 0 Å². The molecular formula is C13H28N2. The van der Waals surface area contributed by atoms with Crippen molar-refractivity contribution in [2.45, 2.75) is 70.9 Å². The third-order valence-electron chi connectivity index (χ3n) is 3.61. The molecule has 1 heterocycles. The maximum atomic E-state index is 6.33. The van der Waals surface area contributed by atoms with E-state index in [0.29, 0.717) is 0 Å². The molecule has 0 saturated carbocycles. The molecule has 0 aromatic carbocycles. The summed E-state index contributed by atoms with van der Waals surface area (Å²) in [6, 6.07) is 0.790. The summed E-state index contributed by atoms with van der Waals surface area (Å²) in [5, 5.41) is 0. The van der Waals surface area contributed by atoms with Crippen molar-refractivity contribution >= 4 is 0 Å². The molecule has 0 aliphatic carbocycles. The van der Waals surface area contributed by atoms with E-state index >= 15 is 0 Å². The van der Waals surface area contributed by atoms with Crippen LogP contribution in [0.5, 0.6) is 0 Å². The first-order valence-corrected chi connectivity index (χ1v) is 6.62.